The molecule has 4 rings (SSSR count). The highest BCUT2D eigenvalue weighted by atomic mass is 35.5. The normalized spacial score (nSPS) is 14.2. The van der Waals surface area contributed by atoms with Gasteiger partial charge in [-0.05, 0) is 23.8 Å². The molecule has 132 valence electrons. The molecule has 0 saturated carbocycles. The van der Waals surface area contributed by atoms with E-state index >= 15 is 0 Å². The molecule has 2 heterocycles. The molecule has 1 aliphatic heterocycles. The van der Waals surface area contributed by atoms with Crippen LogP contribution in [0, 0.1) is 0 Å². The number of para-hydroxylation sites is 1. The molecule has 4 nitrogen and oxygen atoms in total. The molecule has 0 saturated heterocycles. The van der Waals surface area contributed by atoms with Gasteiger partial charge in [-0.15, -0.1) is 0 Å². The predicted octanol–water partition coefficient (Wildman–Crippen LogP) is 4.92. The van der Waals surface area contributed by atoms with E-state index in [1.54, 1.807) is 6.07 Å². The summed E-state index contributed by atoms with van der Waals surface area (Å²) in [7, 11) is 0. The predicted molar refractivity (Wildman–Crippen MR) is 102 cm³/mol. The first-order chi connectivity index (χ1) is 12.8. The molecule has 1 aromatic heterocycles. The number of fused-ring (bicyclic) bond motifs is 1. The Hall–Kier alpha value is -2.56. The molecule has 3 aromatic rings. The largest absolute Gasteiger partial charge is 0.476 e. The molecule has 0 aliphatic carbocycles. The molecular formula is C21H19ClN2O2. The fourth-order valence-corrected chi connectivity index (χ4v) is 3.14. The third kappa shape index (κ3) is 3.98. The molecule has 0 atom stereocenters. The van der Waals surface area contributed by atoms with Gasteiger partial charge in [0.05, 0.1) is 5.02 Å². The van der Waals surface area contributed by atoms with Crippen molar-refractivity contribution in [2.75, 3.05) is 13.2 Å². The lowest BCUT2D eigenvalue weighted by molar-refractivity contribution is 0.217. The summed E-state index contributed by atoms with van der Waals surface area (Å²) < 4.78 is 11.7. The van der Waals surface area contributed by atoms with Gasteiger partial charge in [-0.1, -0.05) is 54.1 Å². The Morgan fingerprint density at radius 1 is 1.00 bits per heavy atom. The molecule has 5 heteroatoms. The van der Waals surface area contributed by atoms with Crippen LogP contribution < -0.4 is 9.47 Å². The quantitative estimate of drug-likeness (QED) is 0.656. The van der Waals surface area contributed by atoms with Crippen LogP contribution in [0.15, 0.2) is 66.7 Å². The molecule has 0 radical (unpaired) electrons. The van der Waals surface area contributed by atoms with Gasteiger partial charge in [-0.25, -0.2) is 0 Å². The summed E-state index contributed by atoms with van der Waals surface area (Å²) in [6.45, 7) is 3.14. The molecule has 26 heavy (non-hydrogen) atoms. The van der Waals surface area contributed by atoms with Gasteiger partial charge in [0.1, 0.15) is 12.4 Å². The van der Waals surface area contributed by atoms with Crippen molar-refractivity contribution in [3.8, 4) is 17.5 Å². The Balaban J connectivity index is 1.50. The maximum atomic E-state index is 6.15. The second-order valence-corrected chi connectivity index (χ2v) is 6.60. The highest BCUT2D eigenvalue weighted by molar-refractivity contribution is 6.32. The summed E-state index contributed by atoms with van der Waals surface area (Å²) in [6.07, 6.45) is 0. The van der Waals surface area contributed by atoms with Crippen LogP contribution in [-0.4, -0.2) is 23.0 Å². The summed E-state index contributed by atoms with van der Waals surface area (Å²) in [5, 5.41) is 0.555. The molecule has 2 aromatic carbocycles. The van der Waals surface area contributed by atoms with E-state index in [4.69, 9.17) is 21.1 Å². The first-order valence-corrected chi connectivity index (χ1v) is 8.97. The Morgan fingerprint density at radius 3 is 2.65 bits per heavy atom. The minimum atomic E-state index is 0.480. The first-order valence-electron chi connectivity index (χ1n) is 8.59. The topological polar surface area (TPSA) is 34.6 Å². The zero-order valence-corrected chi connectivity index (χ0v) is 15.0. The van der Waals surface area contributed by atoms with Gasteiger partial charge in [-0.2, -0.15) is 4.98 Å². The number of aromatic nitrogens is 1. The summed E-state index contributed by atoms with van der Waals surface area (Å²) in [6, 6.07) is 21.7. The lowest BCUT2D eigenvalue weighted by atomic mass is 10.2. The second kappa shape index (κ2) is 7.77. The minimum absolute atomic E-state index is 0.480. The number of benzene rings is 2. The lowest BCUT2D eigenvalue weighted by Crippen LogP contribution is -2.25. The summed E-state index contributed by atoms with van der Waals surface area (Å²) in [4.78, 5) is 6.88. The van der Waals surface area contributed by atoms with Crippen molar-refractivity contribution in [3.63, 3.8) is 0 Å². The van der Waals surface area contributed by atoms with Gasteiger partial charge >= 0.3 is 0 Å². The fraction of sp³-hybridized carbons (Fsp3) is 0.190. The minimum Gasteiger partial charge on any atom is -0.476 e. The highest BCUT2D eigenvalue weighted by Crippen LogP contribution is 2.30. The van der Waals surface area contributed by atoms with Gasteiger partial charge in [0.2, 0.25) is 11.8 Å². The monoisotopic (exact) mass is 366 g/mol. The van der Waals surface area contributed by atoms with Crippen LogP contribution in [0.2, 0.25) is 5.02 Å². The average Bonchev–Trinajstić information content (AvgIpc) is 2.86. The van der Waals surface area contributed by atoms with E-state index in [2.05, 4.69) is 34.1 Å². The third-order valence-corrected chi connectivity index (χ3v) is 4.57. The van der Waals surface area contributed by atoms with E-state index in [0.717, 1.165) is 25.2 Å². The van der Waals surface area contributed by atoms with E-state index in [1.165, 1.54) is 5.56 Å². The van der Waals surface area contributed by atoms with Gasteiger partial charge in [0.15, 0.2) is 0 Å². The number of ether oxygens (including phenoxy) is 2. The summed E-state index contributed by atoms with van der Waals surface area (Å²) in [5.41, 5.74) is 2.35. The molecule has 1 aliphatic rings. The van der Waals surface area contributed by atoms with Crippen LogP contribution in [0.5, 0.6) is 17.5 Å². The molecule has 0 unspecified atom stereocenters. The second-order valence-electron chi connectivity index (χ2n) is 6.19. The Bertz CT molecular complexity index is 886. The third-order valence-electron chi connectivity index (χ3n) is 4.25. The van der Waals surface area contributed by atoms with E-state index in [0.29, 0.717) is 29.1 Å². The van der Waals surface area contributed by atoms with Crippen LogP contribution in [0.25, 0.3) is 0 Å². The fourth-order valence-electron chi connectivity index (χ4n) is 2.96. The van der Waals surface area contributed by atoms with Crippen molar-refractivity contribution in [1.82, 2.24) is 9.88 Å². The average molecular weight is 367 g/mol. The van der Waals surface area contributed by atoms with E-state index in [1.807, 2.05) is 36.4 Å². The van der Waals surface area contributed by atoms with Gasteiger partial charge in [-0.3, -0.25) is 4.90 Å². The zero-order valence-electron chi connectivity index (χ0n) is 14.3. The highest BCUT2D eigenvalue weighted by Gasteiger charge is 2.18. The molecule has 0 amide bonds. The maximum Gasteiger partial charge on any atom is 0.222 e. The van der Waals surface area contributed by atoms with E-state index in [-0.39, 0.29) is 0 Å². The first kappa shape index (κ1) is 16.9. The molecular weight excluding hydrogens is 348 g/mol. The van der Waals surface area contributed by atoms with Crippen molar-refractivity contribution >= 4 is 11.6 Å². The van der Waals surface area contributed by atoms with Crippen LogP contribution in [0.3, 0.4) is 0 Å². The molecule has 0 spiro atoms. The van der Waals surface area contributed by atoms with Crippen LogP contribution in [0.1, 0.15) is 11.1 Å². The summed E-state index contributed by atoms with van der Waals surface area (Å²) >= 11 is 6.15. The van der Waals surface area contributed by atoms with Crippen molar-refractivity contribution in [1.29, 1.82) is 0 Å². The summed E-state index contributed by atoms with van der Waals surface area (Å²) in [5.74, 6) is 1.69. The van der Waals surface area contributed by atoms with Crippen molar-refractivity contribution < 1.29 is 9.47 Å². The number of hydrogen-bond donors (Lipinski definition) is 0. The Labute approximate surface area is 158 Å². The van der Waals surface area contributed by atoms with Crippen LogP contribution in [-0.2, 0) is 13.1 Å². The van der Waals surface area contributed by atoms with Gasteiger partial charge in [0.25, 0.3) is 0 Å². The standard InChI is InChI=1S/C21H19ClN2O2/c22-18-8-4-5-9-19(18)26-20-11-10-17-15-24(12-13-25-21(17)23-20)14-16-6-2-1-3-7-16/h1-11H,12-15H2. The number of hydrogen-bond acceptors (Lipinski definition) is 4. The lowest BCUT2D eigenvalue weighted by Gasteiger charge is -2.19. The van der Waals surface area contributed by atoms with E-state index in [9.17, 15) is 0 Å². The molecule has 0 fully saturated rings. The van der Waals surface area contributed by atoms with Crippen molar-refractivity contribution in [2.45, 2.75) is 13.1 Å². The maximum absolute atomic E-state index is 6.15. The zero-order chi connectivity index (χ0) is 17.8. The number of pyridine rings is 1. The number of halogens is 1. The van der Waals surface area contributed by atoms with E-state index < -0.39 is 0 Å². The molecule has 0 N–H and O–H groups in total. The van der Waals surface area contributed by atoms with Crippen LogP contribution in [0.4, 0.5) is 0 Å². The van der Waals surface area contributed by atoms with Gasteiger partial charge < -0.3 is 9.47 Å². The SMILES string of the molecule is Clc1ccccc1Oc1ccc2c(n1)OCCN(Cc1ccccc1)C2. The molecule has 0 bridgehead atoms. The van der Waals surface area contributed by atoms with Crippen molar-refractivity contribution in [3.05, 3.63) is 82.9 Å². The Kier molecular flexibility index (Phi) is 5.04. The number of nitrogens with zero attached hydrogens (tertiary/aromatic N) is 2. The van der Waals surface area contributed by atoms with Crippen LogP contribution >= 0.6 is 11.6 Å². The van der Waals surface area contributed by atoms with Gasteiger partial charge in [0, 0.05) is 31.3 Å². The van der Waals surface area contributed by atoms with Crippen molar-refractivity contribution in [2.24, 2.45) is 0 Å². The number of rotatable bonds is 4. The Morgan fingerprint density at radius 2 is 1.81 bits per heavy atom. The smallest absolute Gasteiger partial charge is 0.222 e.